The summed E-state index contributed by atoms with van der Waals surface area (Å²) in [5.74, 6) is 0.621. The van der Waals surface area contributed by atoms with Gasteiger partial charge in [-0.25, -0.2) is 9.69 Å². The van der Waals surface area contributed by atoms with Crippen LogP contribution < -0.4 is 15.0 Å². The maximum atomic E-state index is 13.2. The second-order valence-electron chi connectivity index (χ2n) is 7.69. The number of benzene rings is 2. The van der Waals surface area contributed by atoms with E-state index in [1.807, 2.05) is 42.5 Å². The van der Waals surface area contributed by atoms with Crippen LogP contribution in [0.4, 0.5) is 10.5 Å². The maximum absolute atomic E-state index is 13.2. The average molecular weight is 473 g/mol. The van der Waals surface area contributed by atoms with E-state index < -0.39 is 5.54 Å². The van der Waals surface area contributed by atoms with Crippen molar-refractivity contribution in [3.05, 3.63) is 58.6 Å². The summed E-state index contributed by atoms with van der Waals surface area (Å²) < 4.78 is 6.27. The number of anilines is 1. The Morgan fingerprint density at radius 3 is 2.40 bits per heavy atom. The summed E-state index contributed by atoms with van der Waals surface area (Å²) in [6, 6.07) is 15.1. The highest BCUT2D eigenvalue weighted by Crippen LogP contribution is 2.34. The molecule has 2 aromatic rings. The molecule has 0 saturated carbocycles. The van der Waals surface area contributed by atoms with Crippen molar-refractivity contribution in [2.45, 2.75) is 12.5 Å². The van der Waals surface area contributed by atoms with Gasteiger partial charge in [0.2, 0.25) is 0 Å². The molecule has 1 atom stereocenters. The number of piperazine rings is 1. The van der Waals surface area contributed by atoms with E-state index in [-0.39, 0.29) is 18.6 Å². The number of halogens is 1. The Morgan fingerprint density at radius 1 is 1.03 bits per heavy atom. The van der Waals surface area contributed by atoms with Gasteiger partial charge in [-0.2, -0.15) is 0 Å². The molecule has 2 saturated heterocycles. The Labute approximate surface area is 184 Å². The van der Waals surface area contributed by atoms with Crippen LogP contribution in [0.1, 0.15) is 12.5 Å². The quantitative estimate of drug-likeness (QED) is 0.677. The number of para-hydroxylation sites is 2. The molecule has 2 aromatic carbocycles. The summed E-state index contributed by atoms with van der Waals surface area (Å²) in [6.07, 6.45) is 0. The minimum atomic E-state index is -1.07. The fraction of sp³-hybridized carbons (Fsp3) is 0.364. The number of methoxy groups -OCH3 is 1. The van der Waals surface area contributed by atoms with E-state index in [1.165, 1.54) is 4.90 Å². The van der Waals surface area contributed by atoms with Crippen molar-refractivity contribution < 1.29 is 14.3 Å². The maximum Gasteiger partial charge on any atom is 0.326 e. The molecule has 4 rings (SSSR count). The number of hydrogen-bond acceptors (Lipinski definition) is 5. The number of amides is 3. The molecule has 0 bridgehead atoms. The van der Waals surface area contributed by atoms with Crippen molar-refractivity contribution in [2.24, 2.45) is 0 Å². The number of hydrogen-bond donors (Lipinski definition) is 1. The van der Waals surface area contributed by atoms with E-state index in [4.69, 9.17) is 4.74 Å². The van der Waals surface area contributed by atoms with Crippen LogP contribution in [0.25, 0.3) is 0 Å². The van der Waals surface area contributed by atoms with Crippen molar-refractivity contribution in [2.75, 3.05) is 44.9 Å². The monoisotopic (exact) mass is 472 g/mol. The highest BCUT2D eigenvalue weighted by molar-refractivity contribution is 9.10. The van der Waals surface area contributed by atoms with Crippen LogP contribution >= 0.6 is 15.9 Å². The molecule has 3 amide bonds. The fourth-order valence-corrected chi connectivity index (χ4v) is 4.78. The lowest BCUT2D eigenvalue weighted by molar-refractivity contribution is -0.132. The normalized spacial score (nSPS) is 22.4. The van der Waals surface area contributed by atoms with Crippen LogP contribution in [0, 0.1) is 0 Å². The lowest BCUT2D eigenvalue weighted by Gasteiger charge is -2.37. The molecular formula is C22H25BrN4O3. The largest absolute Gasteiger partial charge is 0.495 e. The zero-order valence-corrected chi connectivity index (χ0v) is 18.7. The van der Waals surface area contributed by atoms with Crippen LogP contribution in [0.3, 0.4) is 0 Å². The molecule has 0 aliphatic carbocycles. The minimum absolute atomic E-state index is 0.230. The summed E-state index contributed by atoms with van der Waals surface area (Å²) in [4.78, 5) is 31.6. The summed E-state index contributed by atoms with van der Waals surface area (Å²) in [6.45, 7) is 5.14. The van der Waals surface area contributed by atoms with Crippen LogP contribution in [0.5, 0.6) is 5.75 Å². The molecule has 0 radical (unpaired) electrons. The van der Waals surface area contributed by atoms with Crippen LogP contribution in [0.2, 0.25) is 0 Å². The number of carbonyl (C=O) groups is 2. The lowest BCUT2D eigenvalue weighted by Crippen LogP contribution is -2.51. The van der Waals surface area contributed by atoms with Gasteiger partial charge in [0.15, 0.2) is 0 Å². The smallest absolute Gasteiger partial charge is 0.326 e. The summed E-state index contributed by atoms with van der Waals surface area (Å²) >= 11 is 3.50. The van der Waals surface area contributed by atoms with Crippen molar-refractivity contribution in [3.63, 3.8) is 0 Å². The van der Waals surface area contributed by atoms with Gasteiger partial charge in [-0.15, -0.1) is 0 Å². The molecule has 158 valence electrons. The SMILES string of the molecule is COc1ccccc1N1CCN(CN2C(=O)N[C@@](C)(c3ccccc3Br)C2=O)CC1. The number of urea groups is 1. The van der Waals surface area contributed by atoms with Gasteiger partial charge in [0.05, 0.1) is 19.5 Å². The fourth-order valence-electron chi connectivity index (χ4n) is 4.10. The first-order valence-corrected chi connectivity index (χ1v) is 10.7. The van der Waals surface area contributed by atoms with Crippen molar-refractivity contribution in [3.8, 4) is 5.75 Å². The zero-order chi connectivity index (χ0) is 21.3. The molecule has 2 fully saturated rings. The Balaban J connectivity index is 1.43. The van der Waals surface area contributed by atoms with Crippen LogP contribution in [0.15, 0.2) is 53.0 Å². The number of nitrogens with zero attached hydrogens (tertiary/aromatic N) is 3. The van der Waals surface area contributed by atoms with E-state index in [9.17, 15) is 9.59 Å². The summed E-state index contributed by atoms with van der Waals surface area (Å²) in [5, 5.41) is 2.88. The van der Waals surface area contributed by atoms with Crippen molar-refractivity contribution in [1.82, 2.24) is 15.1 Å². The molecule has 7 nitrogen and oxygen atoms in total. The van der Waals surface area contributed by atoms with E-state index in [2.05, 4.69) is 37.1 Å². The van der Waals surface area contributed by atoms with E-state index in [0.29, 0.717) is 0 Å². The molecule has 30 heavy (non-hydrogen) atoms. The van der Waals surface area contributed by atoms with Gasteiger partial charge in [0.1, 0.15) is 11.3 Å². The van der Waals surface area contributed by atoms with Crippen LogP contribution in [-0.2, 0) is 10.3 Å². The Hall–Kier alpha value is -2.58. The minimum Gasteiger partial charge on any atom is -0.495 e. The van der Waals surface area contributed by atoms with Gasteiger partial charge >= 0.3 is 6.03 Å². The van der Waals surface area contributed by atoms with Gasteiger partial charge < -0.3 is 15.0 Å². The molecule has 0 unspecified atom stereocenters. The van der Waals surface area contributed by atoms with E-state index in [0.717, 1.165) is 47.7 Å². The molecule has 0 aromatic heterocycles. The standard InChI is InChI=1S/C22H25BrN4O3/c1-22(16-7-3-4-8-17(16)23)20(28)27(21(29)24-22)15-25-11-13-26(14-12-25)18-9-5-6-10-19(18)30-2/h3-10H,11-15H2,1-2H3,(H,24,29)/t22-/m0/s1. The first-order chi connectivity index (χ1) is 14.4. The van der Waals surface area contributed by atoms with Gasteiger partial charge in [-0.05, 0) is 25.1 Å². The summed E-state index contributed by atoms with van der Waals surface area (Å²) in [5.41, 5.74) is 0.749. The third-order valence-corrected chi connectivity index (χ3v) is 6.52. The van der Waals surface area contributed by atoms with Crippen LogP contribution in [-0.4, -0.2) is 61.7 Å². The third kappa shape index (κ3) is 3.65. The first-order valence-electron chi connectivity index (χ1n) is 9.93. The highest BCUT2D eigenvalue weighted by Gasteiger charge is 2.50. The van der Waals surface area contributed by atoms with Crippen molar-refractivity contribution >= 4 is 33.6 Å². The topological polar surface area (TPSA) is 65.1 Å². The average Bonchev–Trinajstić information content (AvgIpc) is 2.98. The second kappa shape index (κ2) is 8.28. The molecular weight excluding hydrogens is 448 g/mol. The van der Waals surface area contributed by atoms with Gasteiger partial charge in [-0.1, -0.05) is 46.3 Å². The third-order valence-electron chi connectivity index (χ3n) is 5.83. The first kappa shape index (κ1) is 20.7. The number of rotatable bonds is 5. The Bertz CT molecular complexity index is 961. The Morgan fingerprint density at radius 2 is 1.70 bits per heavy atom. The molecule has 2 heterocycles. The summed E-state index contributed by atoms with van der Waals surface area (Å²) in [7, 11) is 1.68. The van der Waals surface area contributed by atoms with E-state index in [1.54, 1.807) is 14.0 Å². The molecule has 0 spiro atoms. The molecule has 2 aliphatic heterocycles. The van der Waals surface area contributed by atoms with Gasteiger partial charge in [0.25, 0.3) is 5.91 Å². The lowest BCUT2D eigenvalue weighted by atomic mass is 9.92. The van der Waals surface area contributed by atoms with E-state index >= 15 is 0 Å². The number of imide groups is 1. The predicted molar refractivity (Wildman–Crippen MR) is 119 cm³/mol. The van der Waals surface area contributed by atoms with Crippen molar-refractivity contribution in [1.29, 1.82) is 0 Å². The number of nitrogens with one attached hydrogen (secondary N) is 1. The molecule has 2 aliphatic rings. The van der Waals surface area contributed by atoms with Gasteiger partial charge in [-0.3, -0.25) is 9.69 Å². The second-order valence-corrected chi connectivity index (χ2v) is 8.54. The molecule has 8 heteroatoms. The number of ether oxygens (including phenoxy) is 1. The van der Waals surface area contributed by atoms with Gasteiger partial charge in [0, 0.05) is 36.2 Å². The molecule has 1 N–H and O–H groups in total. The predicted octanol–water partition coefficient (Wildman–Crippen LogP) is 3.00. The highest BCUT2D eigenvalue weighted by atomic mass is 79.9. The number of carbonyl (C=O) groups excluding carboxylic acids is 2. The zero-order valence-electron chi connectivity index (χ0n) is 17.1. The Kier molecular flexibility index (Phi) is 5.71.